The van der Waals surface area contributed by atoms with Crippen LogP contribution < -0.4 is 21.1 Å². The zero-order valence-electron chi connectivity index (χ0n) is 25.8. The lowest BCUT2D eigenvalue weighted by Crippen LogP contribution is -2.29. The van der Waals surface area contributed by atoms with Crippen LogP contribution in [0.5, 0.6) is 5.75 Å². The lowest BCUT2D eigenvalue weighted by molar-refractivity contribution is -0.114. The van der Waals surface area contributed by atoms with Gasteiger partial charge in [0, 0.05) is 36.5 Å². The Morgan fingerprint density at radius 2 is 1.93 bits per heavy atom. The molecule has 1 aliphatic rings. The van der Waals surface area contributed by atoms with Crippen LogP contribution in [0.25, 0.3) is 33.3 Å². The summed E-state index contributed by atoms with van der Waals surface area (Å²) in [4.78, 5) is 29.2. The number of alkyl halides is 2. The molecule has 1 fully saturated rings. The maximum Gasteiger partial charge on any atom is 0.283 e. The molecule has 0 aliphatic heterocycles. The standard InChI is InChI=1S/C34H32F3N5O4/c1-17-13-21(40-31(43)18(2)35)8-10-22(17)29-26(27-28(42(29)5)20(16-39-30(27)38)11-12-33(3,4)45)19-7-9-23(24(14-19)46-6)32(44)41-25-15-34(25,36)37/h7-10,13-14,16,25,45H,2,15H2,1,3-6H3,(H2,38,39)(H,40,43)(H,41,44). The fourth-order valence-corrected chi connectivity index (χ4v) is 5.26. The number of pyridine rings is 1. The fourth-order valence-electron chi connectivity index (χ4n) is 5.26. The first kappa shape index (κ1) is 32.1. The molecule has 238 valence electrons. The van der Waals surface area contributed by atoms with Crippen LogP contribution in [0.1, 0.15) is 41.8 Å². The molecule has 2 heterocycles. The number of carbonyl (C=O) groups is 2. The van der Waals surface area contributed by atoms with Gasteiger partial charge in [-0.05, 0) is 56.2 Å². The van der Waals surface area contributed by atoms with Gasteiger partial charge in [0.2, 0.25) is 0 Å². The second-order valence-electron chi connectivity index (χ2n) is 11.7. The molecule has 0 bridgehead atoms. The van der Waals surface area contributed by atoms with Gasteiger partial charge in [-0.1, -0.05) is 30.6 Å². The quantitative estimate of drug-likeness (QED) is 0.158. The van der Waals surface area contributed by atoms with Gasteiger partial charge in [-0.3, -0.25) is 9.59 Å². The second kappa shape index (κ2) is 11.6. The molecule has 0 radical (unpaired) electrons. The van der Waals surface area contributed by atoms with Crippen molar-refractivity contribution in [1.82, 2.24) is 14.9 Å². The Bertz CT molecular complexity index is 2000. The van der Waals surface area contributed by atoms with E-state index in [1.807, 2.05) is 18.5 Å². The summed E-state index contributed by atoms with van der Waals surface area (Å²) in [5, 5.41) is 15.6. The van der Waals surface area contributed by atoms with E-state index in [0.29, 0.717) is 50.1 Å². The van der Waals surface area contributed by atoms with E-state index in [9.17, 15) is 27.9 Å². The van der Waals surface area contributed by atoms with Gasteiger partial charge in [-0.25, -0.2) is 18.2 Å². The Balaban J connectivity index is 1.75. The Morgan fingerprint density at radius 3 is 2.52 bits per heavy atom. The normalized spacial score (nSPS) is 15.1. The van der Waals surface area contributed by atoms with Crippen LogP contribution in [-0.2, 0) is 11.8 Å². The highest BCUT2D eigenvalue weighted by Crippen LogP contribution is 2.46. The predicted molar refractivity (Wildman–Crippen MR) is 170 cm³/mol. The van der Waals surface area contributed by atoms with Crippen LogP contribution in [0.2, 0.25) is 0 Å². The summed E-state index contributed by atoms with van der Waals surface area (Å²) in [5.74, 6) is 0.416. The monoisotopic (exact) mass is 631 g/mol. The second-order valence-corrected chi connectivity index (χ2v) is 11.7. The van der Waals surface area contributed by atoms with Crippen molar-refractivity contribution in [3.63, 3.8) is 0 Å². The molecule has 12 heteroatoms. The number of anilines is 2. The first-order valence-corrected chi connectivity index (χ1v) is 14.2. The molecule has 46 heavy (non-hydrogen) atoms. The fraction of sp³-hybridized carbons (Fsp3) is 0.265. The van der Waals surface area contributed by atoms with E-state index < -0.39 is 41.6 Å². The lowest BCUT2D eigenvalue weighted by Gasteiger charge is -2.15. The van der Waals surface area contributed by atoms with Crippen molar-refractivity contribution in [2.24, 2.45) is 7.05 Å². The number of nitrogens with one attached hydrogen (secondary N) is 2. The Labute approximate surface area is 263 Å². The van der Waals surface area contributed by atoms with E-state index in [2.05, 4.69) is 34.0 Å². The number of rotatable bonds is 7. The minimum Gasteiger partial charge on any atom is -0.496 e. The van der Waals surface area contributed by atoms with Crippen molar-refractivity contribution in [2.75, 3.05) is 18.2 Å². The van der Waals surface area contributed by atoms with E-state index in [4.69, 9.17) is 10.5 Å². The smallest absolute Gasteiger partial charge is 0.283 e. The summed E-state index contributed by atoms with van der Waals surface area (Å²) in [7, 11) is 3.18. The number of ether oxygens (including phenoxy) is 1. The molecule has 1 unspecified atom stereocenters. The van der Waals surface area contributed by atoms with Crippen molar-refractivity contribution in [3.8, 4) is 40.0 Å². The number of benzene rings is 2. The summed E-state index contributed by atoms with van der Waals surface area (Å²) in [5.41, 5.74) is 9.97. The molecular formula is C34H32F3N5O4. The average Bonchev–Trinajstić information content (AvgIpc) is 3.46. The summed E-state index contributed by atoms with van der Waals surface area (Å²) >= 11 is 0. The first-order valence-electron chi connectivity index (χ1n) is 14.2. The maximum atomic E-state index is 13.5. The highest BCUT2D eigenvalue weighted by atomic mass is 19.3. The minimum atomic E-state index is -2.94. The van der Waals surface area contributed by atoms with Crippen molar-refractivity contribution in [2.45, 2.75) is 44.8 Å². The third-order valence-electron chi connectivity index (χ3n) is 7.59. The number of aryl methyl sites for hydroxylation is 2. The lowest BCUT2D eigenvalue weighted by atomic mass is 9.94. The van der Waals surface area contributed by atoms with Crippen molar-refractivity contribution in [3.05, 3.63) is 71.7 Å². The molecule has 0 spiro atoms. The number of hydrogen-bond donors (Lipinski definition) is 4. The largest absolute Gasteiger partial charge is 0.496 e. The highest BCUT2D eigenvalue weighted by Gasteiger charge is 2.58. The molecule has 1 saturated carbocycles. The molecule has 4 aromatic rings. The van der Waals surface area contributed by atoms with Crippen LogP contribution >= 0.6 is 0 Å². The van der Waals surface area contributed by atoms with Crippen LogP contribution in [0.4, 0.5) is 24.7 Å². The molecule has 2 aromatic carbocycles. The zero-order chi connectivity index (χ0) is 33.7. The molecule has 0 saturated heterocycles. The number of nitrogens with two attached hydrogens (primary N) is 1. The molecule has 1 aliphatic carbocycles. The number of aliphatic hydroxyl groups is 1. The minimum absolute atomic E-state index is 0.0734. The highest BCUT2D eigenvalue weighted by molar-refractivity contribution is 6.12. The Kier molecular flexibility index (Phi) is 8.08. The van der Waals surface area contributed by atoms with Crippen molar-refractivity contribution in [1.29, 1.82) is 0 Å². The molecule has 5 N–H and O–H groups in total. The van der Waals surface area contributed by atoms with Gasteiger partial charge in [0.25, 0.3) is 17.7 Å². The zero-order valence-corrected chi connectivity index (χ0v) is 25.8. The molecule has 2 amide bonds. The summed E-state index contributed by atoms with van der Waals surface area (Å²) in [6.07, 6.45) is 1.09. The Morgan fingerprint density at radius 1 is 1.24 bits per heavy atom. The number of nitrogens with zero attached hydrogens (tertiary/aromatic N) is 2. The van der Waals surface area contributed by atoms with Crippen LogP contribution in [0.3, 0.4) is 0 Å². The average molecular weight is 632 g/mol. The van der Waals surface area contributed by atoms with Gasteiger partial charge in [-0.15, -0.1) is 0 Å². The summed E-state index contributed by atoms with van der Waals surface area (Å²) in [6, 6.07) is 8.57. The number of hydrogen-bond acceptors (Lipinski definition) is 6. The van der Waals surface area contributed by atoms with Crippen LogP contribution in [0, 0.1) is 18.8 Å². The molecule has 5 rings (SSSR count). The number of halogens is 3. The number of fused-ring (bicyclic) bond motifs is 1. The van der Waals surface area contributed by atoms with Crippen molar-refractivity contribution >= 4 is 34.2 Å². The number of amides is 2. The molecule has 2 aromatic heterocycles. The van der Waals surface area contributed by atoms with Gasteiger partial charge in [-0.2, -0.15) is 0 Å². The van der Waals surface area contributed by atoms with E-state index >= 15 is 0 Å². The van der Waals surface area contributed by atoms with Gasteiger partial charge in [0.05, 0.1) is 40.9 Å². The maximum absolute atomic E-state index is 13.5. The van der Waals surface area contributed by atoms with Gasteiger partial charge < -0.3 is 30.8 Å². The number of methoxy groups -OCH3 is 1. The van der Waals surface area contributed by atoms with E-state index in [1.165, 1.54) is 19.4 Å². The number of aromatic nitrogens is 2. The topological polar surface area (TPSA) is 132 Å². The predicted octanol–water partition coefficient (Wildman–Crippen LogP) is 5.49. The molecule has 9 nitrogen and oxygen atoms in total. The molecular weight excluding hydrogens is 599 g/mol. The summed E-state index contributed by atoms with van der Waals surface area (Å²) < 4.78 is 47.8. The van der Waals surface area contributed by atoms with E-state index in [0.717, 1.165) is 0 Å². The van der Waals surface area contributed by atoms with E-state index in [-0.39, 0.29) is 17.1 Å². The first-order chi connectivity index (χ1) is 21.5. The number of carbonyl (C=O) groups excluding carboxylic acids is 2. The third-order valence-corrected chi connectivity index (χ3v) is 7.59. The van der Waals surface area contributed by atoms with E-state index in [1.54, 1.807) is 44.2 Å². The van der Waals surface area contributed by atoms with Gasteiger partial charge >= 0.3 is 0 Å². The SMILES string of the molecule is C=C(F)C(=O)Nc1ccc(-c2c(-c3ccc(C(=O)NC4CC4(F)F)c(OC)c3)c3c(N)ncc(C#CC(C)(C)O)c3n2C)c(C)c1. The number of nitrogen functional groups attached to an aromatic ring is 1. The third kappa shape index (κ3) is 6.14. The van der Waals surface area contributed by atoms with Gasteiger partial charge in [0.1, 0.15) is 17.2 Å². The van der Waals surface area contributed by atoms with Crippen molar-refractivity contribution < 1.29 is 32.6 Å². The summed E-state index contributed by atoms with van der Waals surface area (Å²) in [6.45, 7) is 7.95. The van der Waals surface area contributed by atoms with Crippen LogP contribution in [0.15, 0.2) is 55.0 Å². The van der Waals surface area contributed by atoms with Crippen LogP contribution in [-0.4, -0.2) is 51.1 Å². The Hall–Kier alpha value is -5.28. The molecule has 1 atom stereocenters. The van der Waals surface area contributed by atoms with Gasteiger partial charge in [0.15, 0.2) is 5.83 Å².